The van der Waals surface area contributed by atoms with E-state index in [4.69, 9.17) is 30.2 Å². The van der Waals surface area contributed by atoms with Gasteiger partial charge in [0, 0.05) is 11.9 Å². The first-order chi connectivity index (χ1) is 13.6. The van der Waals surface area contributed by atoms with Gasteiger partial charge in [-0.25, -0.2) is 0 Å². The van der Waals surface area contributed by atoms with Crippen molar-refractivity contribution in [1.82, 2.24) is 5.32 Å². The highest BCUT2D eigenvalue weighted by molar-refractivity contribution is 6.32. The molecule has 7 heteroatoms. The number of carbonyl (C=O) groups is 1. The van der Waals surface area contributed by atoms with Crippen molar-refractivity contribution in [2.24, 2.45) is 0 Å². The molecule has 0 unspecified atom stereocenters. The molecule has 0 saturated carbocycles. The van der Waals surface area contributed by atoms with E-state index in [-0.39, 0.29) is 5.91 Å². The number of carbonyl (C=O) groups excluding carboxylic acids is 1. The Labute approximate surface area is 167 Å². The molecule has 28 heavy (non-hydrogen) atoms. The summed E-state index contributed by atoms with van der Waals surface area (Å²) in [7, 11) is 1.59. The van der Waals surface area contributed by atoms with Gasteiger partial charge in [0.1, 0.15) is 30.3 Å². The molecular formula is C21H20ClNO5. The summed E-state index contributed by atoms with van der Waals surface area (Å²) in [6.45, 7) is 3.22. The van der Waals surface area contributed by atoms with Gasteiger partial charge in [-0.2, -0.15) is 0 Å². The Bertz CT molecular complexity index is 1040. The van der Waals surface area contributed by atoms with Gasteiger partial charge >= 0.3 is 0 Å². The Kier molecular flexibility index (Phi) is 5.05. The van der Waals surface area contributed by atoms with Gasteiger partial charge in [0.05, 0.1) is 17.7 Å². The molecule has 0 fully saturated rings. The Morgan fingerprint density at radius 3 is 2.86 bits per heavy atom. The normalized spacial score (nSPS) is 12.8. The van der Waals surface area contributed by atoms with E-state index in [0.29, 0.717) is 65.4 Å². The molecule has 146 valence electrons. The van der Waals surface area contributed by atoms with Crippen LogP contribution in [-0.2, 0) is 6.42 Å². The number of amides is 1. The van der Waals surface area contributed by atoms with E-state index in [2.05, 4.69) is 5.32 Å². The van der Waals surface area contributed by atoms with Gasteiger partial charge in [-0.3, -0.25) is 4.79 Å². The monoisotopic (exact) mass is 401 g/mol. The molecule has 0 spiro atoms. The summed E-state index contributed by atoms with van der Waals surface area (Å²) in [4.78, 5) is 12.7. The van der Waals surface area contributed by atoms with E-state index in [0.717, 1.165) is 10.9 Å². The van der Waals surface area contributed by atoms with Crippen molar-refractivity contribution >= 4 is 28.5 Å². The second kappa shape index (κ2) is 7.64. The van der Waals surface area contributed by atoms with E-state index < -0.39 is 0 Å². The smallest absolute Gasteiger partial charge is 0.255 e. The Morgan fingerprint density at radius 1 is 1.21 bits per heavy atom. The second-order valence-electron chi connectivity index (χ2n) is 6.50. The minimum atomic E-state index is -0.187. The van der Waals surface area contributed by atoms with Crippen molar-refractivity contribution in [1.29, 1.82) is 0 Å². The van der Waals surface area contributed by atoms with Crippen LogP contribution in [0, 0.1) is 6.92 Å². The van der Waals surface area contributed by atoms with Gasteiger partial charge in [-0.15, -0.1) is 0 Å². The quantitative estimate of drug-likeness (QED) is 0.695. The lowest BCUT2D eigenvalue weighted by Gasteiger charge is -2.20. The number of hydrogen-bond donors (Lipinski definition) is 1. The lowest BCUT2D eigenvalue weighted by Crippen LogP contribution is -2.26. The van der Waals surface area contributed by atoms with E-state index in [9.17, 15) is 4.79 Å². The van der Waals surface area contributed by atoms with Crippen LogP contribution in [0.2, 0.25) is 5.02 Å². The van der Waals surface area contributed by atoms with Crippen LogP contribution in [0.15, 0.2) is 34.7 Å². The second-order valence-corrected chi connectivity index (χ2v) is 6.91. The average Bonchev–Trinajstić information content (AvgIpc) is 3.02. The summed E-state index contributed by atoms with van der Waals surface area (Å²) >= 11 is 6.27. The number of aryl methyl sites for hydroxylation is 1. The number of benzene rings is 2. The predicted molar refractivity (Wildman–Crippen MR) is 106 cm³/mol. The minimum Gasteiger partial charge on any atom is -0.497 e. The third kappa shape index (κ3) is 3.47. The lowest BCUT2D eigenvalue weighted by molar-refractivity contribution is 0.0954. The molecule has 3 aromatic rings. The molecular weight excluding hydrogens is 382 g/mol. The highest BCUT2D eigenvalue weighted by atomic mass is 35.5. The van der Waals surface area contributed by atoms with Crippen molar-refractivity contribution in [3.8, 4) is 17.2 Å². The highest BCUT2D eigenvalue weighted by Crippen LogP contribution is 2.38. The molecule has 6 nitrogen and oxygen atoms in total. The van der Waals surface area contributed by atoms with Gasteiger partial charge in [-0.05, 0) is 49.2 Å². The van der Waals surface area contributed by atoms with Crippen LogP contribution in [0.3, 0.4) is 0 Å². The Balaban J connectivity index is 1.47. The molecule has 4 rings (SSSR count). The number of fused-ring (bicyclic) bond motifs is 2. The minimum absolute atomic E-state index is 0.187. The van der Waals surface area contributed by atoms with Gasteiger partial charge in [0.15, 0.2) is 11.5 Å². The zero-order chi connectivity index (χ0) is 19.7. The van der Waals surface area contributed by atoms with Gasteiger partial charge in [-0.1, -0.05) is 11.6 Å². The van der Waals surface area contributed by atoms with E-state index in [1.807, 2.05) is 12.1 Å². The molecule has 2 aromatic carbocycles. The van der Waals surface area contributed by atoms with Gasteiger partial charge in [0.25, 0.3) is 5.91 Å². The molecule has 0 bridgehead atoms. The zero-order valence-corrected chi connectivity index (χ0v) is 16.4. The van der Waals surface area contributed by atoms with Gasteiger partial charge in [0.2, 0.25) is 0 Å². The van der Waals surface area contributed by atoms with Crippen molar-refractivity contribution in [3.05, 3.63) is 52.2 Å². The zero-order valence-electron chi connectivity index (χ0n) is 15.6. The summed E-state index contributed by atoms with van der Waals surface area (Å²) in [5.74, 6) is 2.28. The number of ether oxygens (including phenoxy) is 3. The third-order valence-electron chi connectivity index (χ3n) is 4.65. The number of methoxy groups -OCH3 is 1. The number of furan rings is 1. The van der Waals surface area contributed by atoms with Crippen molar-refractivity contribution in [2.45, 2.75) is 13.3 Å². The molecule has 1 aliphatic heterocycles. The summed E-state index contributed by atoms with van der Waals surface area (Å²) in [5.41, 5.74) is 2.14. The molecule has 1 aliphatic rings. The Morgan fingerprint density at radius 2 is 2.04 bits per heavy atom. The topological polar surface area (TPSA) is 69.9 Å². The largest absolute Gasteiger partial charge is 0.497 e. The number of nitrogens with one attached hydrogen (secondary N) is 1. The molecule has 1 aromatic heterocycles. The maximum Gasteiger partial charge on any atom is 0.255 e. The fourth-order valence-electron chi connectivity index (χ4n) is 3.33. The maximum atomic E-state index is 12.7. The van der Waals surface area contributed by atoms with Crippen molar-refractivity contribution in [2.75, 3.05) is 26.9 Å². The average molecular weight is 402 g/mol. The summed E-state index contributed by atoms with van der Waals surface area (Å²) in [5, 5.41) is 4.20. The lowest BCUT2D eigenvalue weighted by atomic mass is 10.1. The van der Waals surface area contributed by atoms with Gasteiger partial charge < -0.3 is 23.9 Å². The first-order valence-corrected chi connectivity index (χ1v) is 9.38. The van der Waals surface area contributed by atoms with Crippen LogP contribution in [0.25, 0.3) is 11.0 Å². The van der Waals surface area contributed by atoms with Crippen LogP contribution < -0.4 is 19.5 Å². The van der Waals surface area contributed by atoms with E-state index in [1.54, 1.807) is 32.2 Å². The number of hydrogen-bond acceptors (Lipinski definition) is 5. The fraction of sp³-hybridized carbons (Fsp3) is 0.286. The molecule has 0 radical (unpaired) electrons. The molecule has 2 heterocycles. The van der Waals surface area contributed by atoms with Crippen LogP contribution in [0.5, 0.6) is 17.2 Å². The van der Waals surface area contributed by atoms with Crippen molar-refractivity contribution < 1.29 is 23.4 Å². The third-order valence-corrected chi connectivity index (χ3v) is 4.93. The summed E-state index contributed by atoms with van der Waals surface area (Å²) in [6.07, 6.45) is 0.611. The van der Waals surface area contributed by atoms with Crippen molar-refractivity contribution in [3.63, 3.8) is 0 Å². The Hall–Kier alpha value is -2.86. The van der Waals surface area contributed by atoms with Crippen LogP contribution in [0.4, 0.5) is 0 Å². The first kappa shape index (κ1) is 18.5. The molecule has 0 aliphatic carbocycles. The predicted octanol–water partition coefficient (Wildman–Crippen LogP) is 4.15. The molecule has 0 atom stereocenters. The first-order valence-electron chi connectivity index (χ1n) is 9.00. The molecule has 0 saturated heterocycles. The highest BCUT2D eigenvalue weighted by Gasteiger charge is 2.19. The molecule has 1 amide bonds. The standard InChI is InChI=1S/C21H20ClNO5/c1-12-19(15-11-14(25-2)3-4-17(15)28-12)21(24)23-6-5-13-9-16(22)20-18(10-13)26-7-8-27-20/h3-4,9-11H,5-8H2,1-2H3,(H,23,24). The summed E-state index contributed by atoms with van der Waals surface area (Å²) in [6, 6.07) is 9.15. The summed E-state index contributed by atoms with van der Waals surface area (Å²) < 4.78 is 22.1. The maximum absolute atomic E-state index is 12.7. The molecule has 1 N–H and O–H groups in total. The van der Waals surface area contributed by atoms with Crippen LogP contribution in [0.1, 0.15) is 21.7 Å². The van der Waals surface area contributed by atoms with E-state index in [1.165, 1.54) is 0 Å². The van der Waals surface area contributed by atoms with E-state index >= 15 is 0 Å². The number of rotatable bonds is 5. The van der Waals surface area contributed by atoms with Crippen LogP contribution >= 0.6 is 11.6 Å². The van der Waals surface area contributed by atoms with Crippen LogP contribution in [-0.4, -0.2) is 32.8 Å². The fourth-order valence-corrected chi connectivity index (χ4v) is 3.61. The number of halogens is 1. The SMILES string of the molecule is COc1ccc2oc(C)c(C(=O)NCCc3cc(Cl)c4c(c3)OCCO4)c2c1.